The Hall–Kier alpha value is -2.67. The van der Waals surface area contributed by atoms with Crippen LogP contribution in [-0.4, -0.2) is 41.7 Å². The van der Waals surface area contributed by atoms with Gasteiger partial charge in [0.25, 0.3) is 0 Å². The number of aromatic nitrogens is 2. The Morgan fingerprint density at radius 1 is 1.29 bits per heavy atom. The summed E-state index contributed by atoms with van der Waals surface area (Å²) in [6.07, 6.45) is 1.08. The normalized spacial score (nSPS) is 26.3. The van der Waals surface area contributed by atoms with Crippen molar-refractivity contribution >= 4 is 23.5 Å². The summed E-state index contributed by atoms with van der Waals surface area (Å²) in [6, 6.07) is 5.68. The van der Waals surface area contributed by atoms with Crippen LogP contribution in [0.5, 0.6) is 5.75 Å². The zero-order valence-electron chi connectivity index (χ0n) is 18.2. The number of nitrogens with zero attached hydrogens (tertiary/aromatic N) is 2. The molecule has 1 aliphatic carbocycles. The van der Waals surface area contributed by atoms with Crippen molar-refractivity contribution in [2.24, 2.45) is 5.41 Å². The van der Waals surface area contributed by atoms with E-state index in [9.17, 15) is 9.59 Å². The van der Waals surface area contributed by atoms with Crippen molar-refractivity contribution in [1.29, 1.82) is 0 Å². The summed E-state index contributed by atoms with van der Waals surface area (Å²) in [6.45, 7) is 7.60. The Labute approximate surface area is 186 Å². The molecule has 1 aliphatic heterocycles. The van der Waals surface area contributed by atoms with Gasteiger partial charge in [-0.1, -0.05) is 43.1 Å². The van der Waals surface area contributed by atoms with Crippen LogP contribution in [0.4, 0.5) is 0 Å². The van der Waals surface area contributed by atoms with Crippen LogP contribution in [0.25, 0.3) is 0 Å². The van der Waals surface area contributed by atoms with Crippen molar-refractivity contribution in [2.75, 3.05) is 13.7 Å². The molecule has 7 nitrogen and oxygen atoms in total. The Morgan fingerprint density at radius 2 is 2.03 bits per heavy atom. The molecule has 2 heterocycles. The summed E-state index contributed by atoms with van der Waals surface area (Å²) >= 11 is 6.05. The second-order valence-electron chi connectivity index (χ2n) is 8.98. The van der Waals surface area contributed by atoms with Gasteiger partial charge in [-0.25, -0.2) is 9.78 Å². The minimum absolute atomic E-state index is 0.204. The molecule has 0 spiro atoms. The van der Waals surface area contributed by atoms with E-state index in [2.05, 4.69) is 9.97 Å². The zero-order valence-corrected chi connectivity index (χ0v) is 18.9. The number of halogens is 1. The second-order valence-corrected chi connectivity index (χ2v) is 9.34. The first kappa shape index (κ1) is 21.6. The van der Waals surface area contributed by atoms with Gasteiger partial charge >= 0.3 is 11.9 Å². The van der Waals surface area contributed by atoms with Gasteiger partial charge in [-0.05, 0) is 26.3 Å². The van der Waals surface area contributed by atoms with Gasteiger partial charge < -0.3 is 14.2 Å². The van der Waals surface area contributed by atoms with Crippen LogP contribution in [0.2, 0.25) is 5.15 Å². The second kappa shape index (κ2) is 7.48. The molecule has 31 heavy (non-hydrogen) atoms. The number of aryl methyl sites for hydroxylation is 2. The van der Waals surface area contributed by atoms with E-state index in [0.29, 0.717) is 34.3 Å². The molecule has 0 amide bonds. The third kappa shape index (κ3) is 3.55. The molecule has 0 N–H and O–H groups in total. The third-order valence-corrected chi connectivity index (χ3v) is 6.53. The van der Waals surface area contributed by atoms with Crippen molar-refractivity contribution < 1.29 is 23.8 Å². The summed E-state index contributed by atoms with van der Waals surface area (Å²) < 4.78 is 16.5. The molecule has 1 saturated carbocycles. The fraction of sp³-hybridized carbons (Fsp3) is 0.478. The number of cyclic esters (lactones) is 1. The maximum absolute atomic E-state index is 13.7. The molecule has 2 unspecified atom stereocenters. The van der Waals surface area contributed by atoms with E-state index in [1.807, 2.05) is 39.0 Å². The summed E-state index contributed by atoms with van der Waals surface area (Å²) in [5.74, 6) is -0.714. The van der Waals surface area contributed by atoms with E-state index in [-0.39, 0.29) is 12.5 Å². The zero-order chi connectivity index (χ0) is 22.6. The lowest BCUT2D eigenvalue weighted by atomic mass is 9.88. The molecule has 4 rings (SSSR count). The molecule has 1 aromatic heterocycles. The molecule has 1 saturated heterocycles. The average Bonchev–Trinajstić information content (AvgIpc) is 3.43. The van der Waals surface area contributed by atoms with Crippen molar-refractivity contribution in [3.05, 3.63) is 52.1 Å². The Bertz CT molecular complexity index is 1070. The topological polar surface area (TPSA) is 87.6 Å². The summed E-state index contributed by atoms with van der Waals surface area (Å²) in [5.41, 5.74) is 1.29. The summed E-state index contributed by atoms with van der Waals surface area (Å²) in [5, 5.41) is 0.321. The summed E-state index contributed by atoms with van der Waals surface area (Å²) in [7, 11) is 1.56. The van der Waals surface area contributed by atoms with Gasteiger partial charge in [-0.2, -0.15) is 0 Å². The summed E-state index contributed by atoms with van der Waals surface area (Å²) in [4.78, 5) is 34.7. The highest BCUT2D eigenvalue weighted by Gasteiger charge is 2.66. The van der Waals surface area contributed by atoms with Crippen LogP contribution in [0.1, 0.15) is 48.7 Å². The van der Waals surface area contributed by atoms with Gasteiger partial charge in [0, 0.05) is 16.9 Å². The number of methoxy groups -OCH3 is 1. The molecule has 1 aromatic carbocycles. The van der Waals surface area contributed by atoms with Gasteiger partial charge in [-0.15, -0.1) is 0 Å². The molecule has 8 heteroatoms. The molecule has 0 bridgehead atoms. The van der Waals surface area contributed by atoms with Crippen molar-refractivity contribution in [3.8, 4) is 5.75 Å². The van der Waals surface area contributed by atoms with Crippen LogP contribution < -0.4 is 4.74 Å². The molecule has 2 aromatic rings. The highest BCUT2D eigenvalue weighted by Crippen LogP contribution is 2.63. The van der Waals surface area contributed by atoms with Gasteiger partial charge in [0.05, 0.1) is 24.7 Å². The van der Waals surface area contributed by atoms with Gasteiger partial charge in [0.1, 0.15) is 22.9 Å². The van der Waals surface area contributed by atoms with E-state index in [4.69, 9.17) is 25.8 Å². The standard InChI is InChI=1S/C23H25ClN2O5/c1-12-6-7-17(29-5)14(8-12)23(9-15(23)16-10-25-19(24)13(2)26-16)21(28)31-18-20(27)30-11-22(18,3)4/h6-8,10,15,18H,9,11H2,1-5H3/t15?,18-,23?/m0/s1. The number of carbonyl (C=O) groups excluding carboxylic acids is 2. The first-order valence-corrected chi connectivity index (χ1v) is 10.5. The SMILES string of the molecule is COc1ccc(C)cc1C1(C(=O)O[C@H]2C(=O)OCC2(C)C)CC1c1cnc(Cl)c(C)n1. The maximum atomic E-state index is 13.7. The number of benzene rings is 1. The van der Waals surface area contributed by atoms with Gasteiger partial charge in [-0.3, -0.25) is 9.78 Å². The van der Waals surface area contributed by atoms with Crippen LogP contribution in [0.3, 0.4) is 0 Å². The predicted octanol–water partition coefficient (Wildman–Crippen LogP) is 3.68. The van der Waals surface area contributed by atoms with Crippen molar-refractivity contribution in [3.63, 3.8) is 0 Å². The molecule has 2 fully saturated rings. The molecule has 164 valence electrons. The van der Waals surface area contributed by atoms with Gasteiger partial charge in [0.2, 0.25) is 6.10 Å². The number of hydrogen-bond donors (Lipinski definition) is 0. The lowest BCUT2D eigenvalue weighted by Gasteiger charge is -2.26. The Balaban J connectivity index is 1.78. The van der Waals surface area contributed by atoms with Crippen molar-refractivity contribution in [1.82, 2.24) is 9.97 Å². The van der Waals surface area contributed by atoms with E-state index in [1.165, 1.54) is 0 Å². The fourth-order valence-corrected chi connectivity index (χ4v) is 4.31. The smallest absolute Gasteiger partial charge is 0.348 e. The average molecular weight is 445 g/mol. The first-order valence-electron chi connectivity index (χ1n) is 10.1. The van der Waals surface area contributed by atoms with Crippen molar-refractivity contribution in [2.45, 2.75) is 51.6 Å². The number of ether oxygens (including phenoxy) is 3. The lowest BCUT2D eigenvalue weighted by molar-refractivity contribution is -0.165. The van der Waals surface area contributed by atoms with Crippen LogP contribution in [0.15, 0.2) is 24.4 Å². The monoisotopic (exact) mass is 444 g/mol. The Morgan fingerprint density at radius 3 is 2.65 bits per heavy atom. The maximum Gasteiger partial charge on any atom is 0.348 e. The highest BCUT2D eigenvalue weighted by molar-refractivity contribution is 6.29. The third-order valence-electron chi connectivity index (χ3n) is 6.16. The van der Waals surface area contributed by atoms with E-state index in [0.717, 1.165) is 5.56 Å². The molecular weight excluding hydrogens is 420 g/mol. The van der Waals surface area contributed by atoms with Crippen LogP contribution in [-0.2, 0) is 24.5 Å². The predicted molar refractivity (Wildman–Crippen MR) is 113 cm³/mol. The number of esters is 2. The van der Waals surface area contributed by atoms with E-state index in [1.54, 1.807) is 20.2 Å². The Kier molecular flexibility index (Phi) is 5.20. The largest absolute Gasteiger partial charge is 0.496 e. The van der Waals surface area contributed by atoms with Crippen LogP contribution >= 0.6 is 11.6 Å². The van der Waals surface area contributed by atoms with Crippen LogP contribution in [0, 0.1) is 19.3 Å². The minimum Gasteiger partial charge on any atom is -0.496 e. The molecule has 3 atom stereocenters. The number of rotatable bonds is 5. The lowest BCUT2D eigenvalue weighted by Crippen LogP contribution is -2.39. The number of carbonyl (C=O) groups is 2. The fourth-order valence-electron chi connectivity index (χ4n) is 4.22. The van der Waals surface area contributed by atoms with E-state index >= 15 is 0 Å². The first-order chi connectivity index (χ1) is 14.6. The highest BCUT2D eigenvalue weighted by atomic mass is 35.5. The molecule has 2 aliphatic rings. The number of hydrogen-bond acceptors (Lipinski definition) is 7. The quantitative estimate of drug-likeness (QED) is 0.650. The van der Waals surface area contributed by atoms with E-state index < -0.39 is 28.9 Å². The van der Waals surface area contributed by atoms with Gasteiger partial charge in [0.15, 0.2) is 0 Å². The minimum atomic E-state index is -1.04. The molecule has 0 radical (unpaired) electrons. The molecular formula is C23H25ClN2O5.